The van der Waals surface area contributed by atoms with E-state index < -0.39 is 47.5 Å². The molecule has 0 aromatic heterocycles. The fraction of sp³-hybridized carbons (Fsp3) is 0.520. The van der Waals surface area contributed by atoms with Gasteiger partial charge in [-0.2, -0.15) is 22.0 Å². The second kappa shape index (κ2) is 11.6. The molecule has 0 amide bonds. The first-order valence-electron chi connectivity index (χ1n) is 11.5. The summed E-state index contributed by atoms with van der Waals surface area (Å²) in [7, 11) is 0. The van der Waals surface area contributed by atoms with Gasteiger partial charge < -0.3 is 14.2 Å². The highest BCUT2D eigenvalue weighted by Crippen LogP contribution is 2.43. The lowest BCUT2D eigenvalue weighted by molar-refractivity contribution is -0.256. The molecule has 2 unspecified atom stereocenters. The van der Waals surface area contributed by atoms with Crippen molar-refractivity contribution in [3.05, 3.63) is 65.2 Å². The standard InChI is InChI=1S/C25H26F8O3/c1-2-34-20-13-12-19(22(28)23(20)29)25(32,33)36-18-10-6-16(7-11-18)24(30,31)35-17-8-3-15(4-9-17)5-14-21(26)27/h5,8,10,12-16,21H,2-4,6-7,9,11H2,1H3. The fourth-order valence-electron chi connectivity index (χ4n) is 4.05. The molecule has 2 aliphatic carbocycles. The van der Waals surface area contributed by atoms with Crippen LogP contribution in [0.2, 0.25) is 0 Å². The average Bonchev–Trinajstić information content (AvgIpc) is 2.81. The van der Waals surface area contributed by atoms with E-state index in [0.717, 1.165) is 18.2 Å². The van der Waals surface area contributed by atoms with Crippen molar-refractivity contribution in [1.29, 1.82) is 0 Å². The second-order valence-electron chi connectivity index (χ2n) is 8.52. The first-order chi connectivity index (χ1) is 16.9. The molecule has 3 rings (SSSR count). The van der Waals surface area contributed by atoms with Crippen LogP contribution in [0.25, 0.3) is 0 Å². The number of hydrogen-bond donors (Lipinski definition) is 0. The van der Waals surface area contributed by atoms with Crippen LogP contribution in [0.1, 0.15) is 51.0 Å². The maximum absolute atomic E-state index is 14.7. The summed E-state index contributed by atoms with van der Waals surface area (Å²) in [5, 5.41) is 0. The zero-order valence-electron chi connectivity index (χ0n) is 19.4. The molecule has 11 heteroatoms. The zero-order chi connectivity index (χ0) is 26.5. The highest BCUT2D eigenvalue weighted by molar-refractivity contribution is 5.33. The van der Waals surface area contributed by atoms with Gasteiger partial charge in [0.2, 0.25) is 5.82 Å². The summed E-state index contributed by atoms with van der Waals surface area (Å²) in [6.07, 6.45) is -5.86. The molecule has 0 heterocycles. The maximum Gasteiger partial charge on any atom is 0.429 e. The monoisotopic (exact) mass is 526 g/mol. The minimum Gasteiger partial charge on any atom is -0.491 e. The van der Waals surface area contributed by atoms with E-state index in [1.54, 1.807) is 0 Å². The van der Waals surface area contributed by atoms with Gasteiger partial charge in [0.25, 0.3) is 6.43 Å². The number of alkyl halides is 6. The van der Waals surface area contributed by atoms with Crippen molar-refractivity contribution in [3.8, 4) is 5.75 Å². The predicted octanol–water partition coefficient (Wildman–Crippen LogP) is 8.23. The molecule has 3 nitrogen and oxygen atoms in total. The van der Waals surface area contributed by atoms with E-state index in [1.807, 2.05) is 0 Å². The van der Waals surface area contributed by atoms with Gasteiger partial charge in [-0.1, -0.05) is 6.08 Å². The summed E-state index contributed by atoms with van der Waals surface area (Å²) in [5.41, 5.74) is -1.34. The molecule has 36 heavy (non-hydrogen) atoms. The van der Waals surface area contributed by atoms with Crippen molar-refractivity contribution in [2.75, 3.05) is 6.61 Å². The van der Waals surface area contributed by atoms with Gasteiger partial charge >= 0.3 is 12.2 Å². The lowest BCUT2D eigenvalue weighted by Crippen LogP contribution is -2.33. The number of ether oxygens (including phenoxy) is 3. The van der Waals surface area contributed by atoms with Crippen molar-refractivity contribution < 1.29 is 49.3 Å². The Morgan fingerprint density at radius 2 is 1.61 bits per heavy atom. The molecule has 200 valence electrons. The third kappa shape index (κ3) is 6.94. The quantitative estimate of drug-likeness (QED) is 0.227. The number of benzene rings is 1. The smallest absolute Gasteiger partial charge is 0.429 e. The third-order valence-corrected chi connectivity index (χ3v) is 5.97. The van der Waals surface area contributed by atoms with Gasteiger partial charge in [-0.15, -0.1) is 0 Å². The summed E-state index contributed by atoms with van der Waals surface area (Å²) in [5.74, 6) is -5.72. The molecular formula is C25H26F8O3. The molecule has 0 fully saturated rings. The van der Waals surface area contributed by atoms with Crippen LogP contribution in [0.4, 0.5) is 35.1 Å². The van der Waals surface area contributed by atoms with Gasteiger partial charge in [-0.05, 0) is 68.9 Å². The largest absolute Gasteiger partial charge is 0.491 e. The Morgan fingerprint density at radius 1 is 0.944 bits per heavy atom. The lowest BCUT2D eigenvalue weighted by Gasteiger charge is -2.32. The van der Waals surface area contributed by atoms with Gasteiger partial charge in [0, 0.05) is 12.8 Å². The SMILES string of the molecule is CCOc1ccc(C(F)(F)OC2=CCC(C(F)(F)OC3=CCC(C=CC(F)F)CC3)CC2)c(F)c1F. The predicted molar refractivity (Wildman–Crippen MR) is 115 cm³/mol. The Bertz CT molecular complexity index is 1000. The second-order valence-corrected chi connectivity index (χ2v) is 8.52. The van der Waals surface area contributed by atoms with Crippen molar-refractivity contribution >= 4 is 0 Å². The minimum atomic E-state index is -4.24. The van der Waals surface area contributed by atoms with E-state index in [1.165, 1.54) is 19.1 Å². The number of halogens is 8. The average molecular weight is 526 g/mol. The van der Waals surface area contributed by atoms with E-state index in [2.05, 4.69) is 4.74 Å². The molecule has 1 aromatic rings. The van der Waals surface area contributed by atoms with Crippen LogP contribution in [0.3, 0.4) is 0 Å². The van der Waals surface area contributed by atoms with E-state index in [4.69, 9.17) is 9.47 Å². The molecule has 0 radical (unpaired) electrons. The zero-order valence-corrected chi connectivity index (χ0v) is 19.4. The van der Waals surface area contributed by atoms with Crippen molar-refractivity contribution in [2.45, 2.75) is 64.1 Å². The van der Waals surface area contributed by atoms with Crippen molar-refractivity contribution in [2.24, 2.45) is 11.8 Å². The van der Waals surface area contributed by atoms with E-state index in [9.17, 15) is 35.1 Å². The van der Waals surface area contributed by atoms with Gasteiger partial charge in [0.15, 0.2) is 11.6 Å². The van der Waals surface area contributed by atoms with E-state index >= 15 is 0 Å². The molecule has 0 saturated heterocycles. The van der Waals surface area contributed by atoms with E-state index in [0.29, 0.717) is 12.5 Å². The summed E-state index contributed by atoms with van der Waals surface area (Å²) in [6, 6.07) is 1.50. The van der Waals surface area contributed by atoms with E-state index in [-0.39, 0.29) is 56.1 Å². The number of allylic oxidation sites excluding steroid dienone is 6. The van der Waals surface area contributed by atoms with Crippen LogP contribution in [-0.2, 0) is 15.6 Å². The molecule has 0 spiro atoms. The summed E-state index contributed by atoms with van der Waals surface area (Å²) < 4.78 is 125. The van der Waals surface area contributed by atoms with Crippen molar-refractivity contribution in [1.82, 2.24) is 0 Å². The van der Waals surface area contributed by atoms with Crippen LogP contribution in [0.5, 0.6) is 5.75 Å². The highest BCUT2D eigenvalue weighted by atomic mass is 19.3. The first kappa shape index (κ1) is 27.9. The maximum atomic E-state index is 14.7. The van der Waals surface area contributed by atoms with Gasteiger partial charge in [-0.25, -0.2) is 13.2 Å². The summed E-state index contributed by atoms with van der Waals surface area (Å²) >= 11 is 0. The lowest BCUT2D eigenvalue weighted by atomic mass is 9.91. The molecule has 0 N–H and O–H groups in total. The molecule has 0 bridgehead atoms. The summed E-state index contributed by atoms with van der Waals surface area (Å²) in [4.78, 5) is 0. The van der Waals surface area contributed by atoms with Crippen LogP contribution >= 0.6 is 0 Å². The fourth-order valence-corrected chi connectivity index (χ4v) is 4.05. The van der Waals surface area contributed by atoms with Crippen molar-refractivity contribution in [3.63, 3.8) is 0 Å². The van der Waals surface area contributed by atoms with Gasteiger partial charge in [-0.3, -0.25) is 0 Å². The van der Waals surface area contributed by atoms with Gasteiger partial charge in [0.05, 0.1) is 24.0 Å². The Hall–Kier alpha value is -2.72. The van der Waals surface area contributed by atoms with Crippen LogP contribution in [0.15, 0.2) is 48.0 Å². The van der Waals surface area contributed by atoms with Gasteiger partial charge in [0.1, 0.15) is 5.56 Å². The summed E-state index contributed by atoms with van der Waals surface area (Å²) in [6.45, 7) is 1.51. The Labute approximate surface area is 203 Å². The number of rotatable bonds is 10. The molecule has 2 aliphatic rings. The Balaban J connectivity index is 1.60. The van der Waals surface area contributed by atoms with Crippen LogP contribution in [0, 0.1) is 23.5 Å². The molecule has 2 atom stereocenters. The highest BCUT2D eigenvalue weighted by Gasteiger charge is 2.45. The molecular weight excluding hydrogens is 500 g/mol. The van der Waals surface area contributed by atoms with Crippen LogP contribution in [-0.4, -0.2) is 19.1 Å². The third-order valence-electron chi connectivity index (χ3n) is 5.97. The normalized spacial score (nSPS) is 21.4. The molecule has 0 saturated carbocycles. The molecule has 0 aliphatic heterocycles. The minimum absolute atomic E-state index is 0.00144. The number of hydrogen-bond acceptors (Lipinski definition) is 3. The topological polar surface area (TPSA) is 27.7 Å². The molecule has 1 aromatic carbocycles. The van der Waals surface area contributed by atoms with Crippen LogP contribution < -0.4 is 4.74 Å². The Morgan fingerprint density at radius 3 is 2.19 bits per heavy atom. The first-order valence-corrected chi connectivity index (χ1v) is 11.5. The Kier molecular flexibility index (Phi) is 8.94.